The smallest absolute Gasteiger partial charge is 0.0689 e. The minimum Gasteiger partial charge on any atom is -0.0689 e. The number of rotatable bonds is 4. The van der Waals surface area contributed by atoms with Crippen LogP contribution in [0.3, 0.4) is 0 Å². The Morgan fingerprint density at radius 1 is 0.435 bits per heavy atom. The van der Waals surface area contributed by atoms with Crippen LogP contribution in [0.1, 0.15) is 58.4 Å². The zero-order valence-corrected chi connectivity index (χ0v) is 27.5. The van der Waals surface area contributed by atoms with Crippen molar-refractivity contribution in [2.45, 2.75) is 33.2 Å². The molecule has 1 radical (unpaired) electrons. The maximum absolute atomic E-state index is 2.58. The zero-order valence-electron chi connectivity index (χ0n) is 26.5. The molecule has 0 aliphatic heterocycles. The van der Waals surface area contributed by atoms with E-state index in [1.165, 1.54) is 88.3 Å². The van der Waals surface area contributed by atoms with E-state index in [4.69, 9.17) is 0 Å². The van der Waals surface area contributed by atoms with E-state index in [2.05, 4.69) is 142 Å². The highest BCUT2D eigenvalue weighted by Crippen LogP contribution is 2.50. The van der Waals surface area contributed by atoms with Crippen LogP contribution < -0.4 is 0 Å². The van der Waals surface area contributed by atoms with Gasteiger partial charge in [0.25, 0.3) is 0 Å². The van der Waals surface area contributed by atoms with Gasteiger partial charge in [0, 0.05) is 0 Å². The summed E-state index contributed by atoms with van der Waals surface area (Å²) in [4.78, 5) is 0. The van der Waals surface area contributed by atoms with Crippen LogP contribution in [0.15, 0.2) is 108 Å². The van der Waals surface area contributed by atoms with Crippen molar-refractivity contribution in [1.82, 2.24) is 0 Å². The first-order valence-corrected chi connectivity index (χ1v) is 18.5. The topological polar surface area (TPSA) is 0 Å². The highest BCUT2D eigenvalue weighted by molar-refractivity contribution is 6.94. The van der Waals surface area contributed by atoms with Crippen molar-refractivity contribution >= 4 is 65.0 Å². The fraction of sp³-hybridized carbons (Fsp3) is 0.111. The SMILES string of the molecule is CC1=C([Si](C)C2=C(C)Cc3cccc(-c4ccc5c6c(cccc46)C=C5)c32)c2c(cccc2-c2ccc3c4c(cccc24)C=C3)C1. The summed E-state index contributed by atoms with van der Waals surface area (Å²) in [5, 5.41) is 8.78. The van der Waals surface area contributed by atoms with Crippen LogP contribution in [0.2, 0.25) is 6.55 Å². The van der Waals surface area contributed by atoms with Gasteiger partial charge in [-0.25, -0.2) is 0 Å². The fourth-order valence-corrected chi connectivity index (χ4v) is 12.2. The second kappa shape index (κ2) is 9.51. The Labute approximate surface area is 272 Å². The number of allylic oxidation sites excluding steroid dienone is 2. The normalized spacial score (nSPS) is 15.4. The standard InChI is InChI=1S/C45H33Si/c1-26-24-32-10-6-14-38(34-22-20-30-18-16-28-8-4-12-36(34)40(28)30)42(32)44(26)46(3)45-27(2)25-33-11-7-15-39(43(33)45)35-23-21-31-19-17-29-9-5-13-37(35)41(29)31/h4-23H,24-25H2,1-3H3. The molecule has 6 aromatic carbocycles. The Bertz CT molecular complexity index is 2300. The van der Waals surface area contributed by atoms with Gasteiger partial charge in [0.1, 0.15) is 8.80 Å². The summed E-state index contributed by atoms with van der Waals surface area (Å²) < 4.78 is 0. The molecular formula is C45H33Si. The lowest BCUT2D eigenvalue weighted by Gasteiger charge is -2.23. The summed E-state index contributed by atoms with van der Waals surface area (Å²) >= 11 is 0. The molecule has 0 nitrogen and oxygen atoms in total. The Balaban J connectivity index is 1.15. The van der Waals surface area contributed by atoms with Crippen LogP contribution in [0, 0.1) is 0 Å². The van der Waals surface area contributed by atoms with Crippen molar-refractivity contribution < 1.29 is 0 Å². The molecule has 6 aromatic rings. The molecule has 46 heavy (non-hydrogen) atoms. The highest BCUT2D eigenvalue weighted by Gasteiger charge is 2.35. The van der Waals surface area contributed by atoms with Gasteiger partial charge in [0.2, 0.25) is 0 Å². The first kappa shape index (κ1) is 26.3. The lowest BCUT2D eigenvalue weighted by atomic mass is 9.91. The molecule has 10 rings (SSSR count). The third kappa shape index (κ3) is 3.50. The highest BCUT2D eigenvalue weighted by atomic mass is 28.3. The van der Waals surface area contributed by atoms with E-state index in [0.29, 0.717) is 0 Å². The molecule has 0 aromatic heterocycles. The summed E-state index contributed by atoms with van der Waals surface area (Å²) in [6, 6.07) is 37.1. The van der Waals surface area contributed by atoms with Crippen molar-refractivity contribution in [2.75, 3.05) is 0 Å². The van der Waals surface area contributed by atoms with Crippen molar-refractivity contribution in [3.05, 3.63) is 153 Å². The Morgan fingerprint density at radius 2 is 0.848 bits per heavy atom. The molecule has 0 atom stereocenters. The van der Waals surface area contributed by atoms with Crippen LogP contribution in [0.5, 0.6) is 0 Å². The van der Waals surface area contributed by atoms with Gasteiger partial charge in [-0.1, -0.05) is 139 Å². The molecule has 0 amide bonds. The minimum atomic E-state index is -1.10. The summed E-state index contributed by atoms with van der Waals surface area (Å²) in [6.45, 7) is 7.38. The third-order valence-corrected chi connectivity index (χ3v) is 13.8. The number of benzene rings is 6. The molecule has 4 aliphatic carbocycles. The lowest BCUT2D eigenvalue weighted by molar-refractivity contribution is 1.19. The van der Waals surface area contributed by atoms with Gasteiger partial charge < -0.3 is 0 Å². The van der Waals surface area contributed by atoms with Crippen LogP contribution in [0.25, 0.3) is 78.5 Å². The third-order valence-electron chi connectivity index (χ3n) is 11.0. The average Bonchev–Trinajstić information content (AvgIpc) is 3.85. The largest absolute Gasteiger partial charge is 0.119 e. The first-order chi connectivity index (χ1) is 22.6. The molecule has 0 bridgehead atoms. The van der Waals surface area contributed by atoms with Gasteiger partial charge in [0.05, 0.1) is 0 Å². The Hall–Kier alpha value is -4.98. The molecule has 1 heteroatoms. The van der Waals surface area contributed by atoms with E-state index in [0.717, 1.165) is 12.8 Å². The number of hydrogen-bond donors (Lipinski definition) is 0. The molecule has 0 N–H and O–H groups in total. The summed E-state index contributed by atoms with van der Waals surface area (Å²) in [5.41, 5.74) is 20.0. The molecular weight excluding hydrogens is 569 g/mol. The van der Waals surface area contributed by atoms with E-state index >= 15 is 0 Å². The van der Waals surface area contributed by atoms with Gasteiger partial charge in [-0.3, -0.25) is 0 Å². The van der Waals surface area contributed by atoms with E-state index in [1.807, 2.05) is 0 Å². The predicted octanol–water partition coefficient (Wildman–Crippen LogP) is 11.9. The molecule has 0 unspecified atom stereocenters. The van der Waals surface area contributed by atoms with E-state index in [-0.39, 0.29) is 0 Å². The molecule has 4 aliphatic rings. The van der Waals surface area contributed by atoms with E-state index in [9.17, 15) is 0 Å². The fourth-order valence-electron chi connectivity index (χ4n) is 9.16. The van der Waals surface area contributed by atoms with Crippen LogP contribution in [-0.4, -0.2) is 8.80 Å². The Kier molecular flexibility index (Phi) is 5.43. The molecule has 0 spiro atoms. The van der Waals surface area contributed by atoms with Crippen molar-refractivity contribution in [2.24, 2.45) is 0 Å². The summed E-state index contributed by atoms with van der Waals surface area (Å²) in [7, 11) is -1.10. The van der Waals surface area contributed by atoms with Crippen molar-refractivity contribution in [3.8, 4) is 22.3 Å². The molecule has 217 valence electrons. The number of hydrogen-bond acceptors (Lipinski definition) is 0. The second-order valence-electron chi connectivity index (χ2n) is 13.6. The van der Waals surface area contributed by atoms with E-state index < -0.39 is 8.80 Å². The van der Waals surface area contributed by atoms with Crippen LogP contribution in [0.4, 0.5) is 0 Å². The van der Waals surface area contributed by atoms with Crippen molar-refractivity contribution in [3.63, 3.8) is 0 Å². The monoisotopic (exact) mass is 601 g/mol. The molecule has 0 heterocycles. The zero-order chi connectivity index (χ0) is 30.7. The first-order valence-electron chi connectivity index (χ1n) is 16.5. The molecule has 0 fully saturated rings. The minimum absolute atomic E-state index is 1.05. The van der Waals surface area contributed by atoms with Crippen LogP contribution >= 0.6 is 0 Å². The predicted molar refractivity (Wildman–Crippen MR) is 201 cm³/mol. The second-order valence-corrected chi connectivity index (χ2v) is 15.8. The average molecular weight is 602 g/mol. The molecule has 0 saturated carbocycles. The summed E-state index contributed by atoms with van der Waals surface area (Å²) in [5.74, 6) is 0. The summed E-state index contributed by atoms with van der Waals surface area (Å²) in [6.07, 6.45) is 11.2. The van der Waals surface area contributed by atoms with Gasteiger partial charge in [-0.2, -0.15) is 0 Å². The van der Waals surface area contributed by atoms with Gasteiger partial charge in [-0.05, 0) is 125 Å². The maximum Gasteiger partial charge on any atom is 0.119 e. The van der Waals surface area contributed by atoms with Gasteiger partial charge >= 0.3 is 0 Å². The Morgan fingerprint density at radius 3 is 1.30 bits per heavy atom. The lowest BCUT2D eigenvalue weighted by Crippen LogP contribution is -2.16. The molecule has 0 saturated heterocycles. The quantitative estimate of drug-likeness (QED) is 0.176. The maximum atomic E-state index is 2.58. The van der Waals surface area contributed by atoms with Gasteiger partial charge in [0.15, 0.2) is 0 Å². The van der Waals surface area contributed by atoms with Crippen molar-refractivity contribution in [1.29, 1.82) is 0 Å². The van der Waals surface area contributed by atoms with Crippen LogP contribution in [-0.2, 0) is 12.8 Å². The number of fused-ring (bicyclic) bond motifs is 2. The van der Waals surface area contributed by atoms with E-state index in [1.54, 1.807) is 21.5 Å². The van der Waals surface area contributed by atoms with Gasteiger partial charge in [-0.15, -0.1) is 0 Å².